The maximum atomic E-state index is 13.1. The van der Waals surface area contributed by atoms with Crippen molar-refractivity contribution in [3.8, 4) is 23.0 Å². The molecule has 3 aromatic rings. The molecular formula is C20H20FN3O2. The zero-order valence-corrected chi connectivity index (χ0v) is 15.0. The summed E-state index contributed by atoms with van der Waals surface area (Å²) in [6.45, 7) is 6.03. The van der Waals surface area contributed by atoms with Crippen LogP contribution in [0.15, 0.2) is 41.1 Å². The SMILES string of the molecule is CC(C)(C)c1nc(-c2cc(Oc3ccc(F)cc3)c(C3CC3)cn2)no1. The van der Waals surface area contributed by atoms with Gasteiger partial charge in [0.2, 0.25) is 11.7 Å². The first-order valence-corrected chi connectivity index (χ1v) is 8.68. The smallest absolute Gasteiger partial charge is 0.232 e. The summed E-state index contributed by atoms with van der Waals surface area (Å²) in [5.74, 6) is 2.43. The van der Waals surface area contributed by atoms with E-state index in [0.717, 1.165) is 18.4 Å². The Hall–Kier alpha value is -2.76. The fourth-order valence-electron chi connectivity index (χ4n) is 2.62. The fraction of sp³-hybridized carbons (Fsp3) is 0.350. The predicted octanol–water partition coefficient (Wildman–Crippen LogP) is 5.24. The summed E-state index contributed by atoms with van der Waals surface area (Å²) < 4.78 is 24.5. The highest BCUT2D eigenvalue weighted by Gasteiger charge is 2.29. The number of halogens is 1. The van der Waals surface area contributed by atoms with Gasteiger partial charge in [-0.1, -0.05) is 25.9 Å². The van der Waals surface area contributed by atoms with Crippen molar-refractivity contribution in [3.63, 3.8) is 0 Å². The van der Waals surface area contributed by atoms with E-state index in [1.165, 1.54) is 12.1 Å². The molecule has 0 unspecified atom stereocenters. The molecule has 0 amide bonds. The second kappa shape index (κ2) is 6.20. The maximum Gasteiger partial charge on any atom is 0.232 e. The second-order valence-electron chi connectivity index (χ2n) is 7.61. The molecule has 0 saturated heterocycles. The summed E-state index contributed by atoms with van der Waals surface area (Å²) in [5.41, 5.74) is 1.41. The van der Waals surface area contributed by atoms with Gasteiger partial charge in [-0.25, -0.2) is 4.39 Å². The third kappa shape index (κ3) is 3.45. The quantitative estimate of drug-likeness (QED) is 0.642. The molecule has 4 rings (SSSR count). The first-order valence-electron chi connectivity index (χ1n) is 8.68. The van der Waals surface area contributed by atoms with Gasteiger partial charge >= 0.3 is 0 Å². The molecule has 1 fully saturated rings. The minimum absolute atomic E-state index is 0.230. The Kier molecular flexibility index (Phi) is 3.98. The van der Waals surface area contributed by atoms with Gasteiger partial charge in [0.25, 0.3) is 0 Å². The number of aromatic nitrogens is 3. The minimum Gasteiger partial charge on any atom is -0.457 e. The lowest BCUT2D eigenvalue weighted by Gasteiger charge is -2.11. The molecule has 0 aliphatic heterocycles. The first-order chi connectivity index (χ1) is 12.4. The van der Waals surface area contributed by atoms with Gasteiger partial charge in [-0.2, -0.15) is 4.98 Å². The van der Waals surface area contributed by atoms with Crippen LogP contribution in [0, 0.1) is 5.82 Å². The third-order valence-corrected chi connectivity index (χ3v) is 4.25. The molecule has 0 spiro atoms. The van der Waals surface area contributed by atoms with Gasteiger partial charge in [-0.3, -0.25) is 4.98 Å². The van der Waals surface area contributed by atoms with Crippen LogP contribution in [0.3, 0.4) is 0 Å². The zero-order chi connectivity index (χ0) is 18.3. The number of benzene rings is 1. The number of ether oxygens (including phenoxy) is 1. The molecule has 0 bridgehead atoms. The molecule has 0 radical (unpaired) electrons. The highest BCUT2D eigenvalue weighted by Crippen LogP contribution is 2.45. The van der Waals surface area contributed by atoms with E-state index >= 15 is 0 Å². The summed E-state index contributed by atoms with van der Waals surface area (Å²) in [4.78, 5) is 8.95. The molecule has 0 N–H and O–H groups in total. The van der Waals surface area contributed by atoms with E-state index in [1.54, 1.807) is 12.1 Å². The topological polar surface area (TPSA) is 61.0 Å². The van der Waals surface area contributed by atoms with E-state index in [-0.39, 0.29) is 11.2 Å². The molecule has 5 nitrogen and oxygen atoms in total. The van der Waals surface area contributed by atoms with Crippen molar-refractivity contribution in [2.45, 2.75) is 44.9 Å². The Balaban J connectivity index is 1.69. The van der Waals surface area contributed by atoms with E-state index in [2.05, 4.69) is 15.1 Å². The highest BCUT2D eigenvalue weighted by molar-refractivity contribution is 5.55. The lowest BCUT2D eigenvalue weighted by molar-refractivity contribution is 0.321. The normalized spacial score (nSPS) is 14.5. The molecule has 134 valence electrons. The minimum atomic E-state index is -0.295. The lowest BCUT2D eigenvalue weighted by atomic mass is 9.97. The summed E-state index contributed by atoms with van der Waals surface area (Å²) in [7, 11) is 0. The molecular weight excluding hydrogens is 333 g/mol. The lowest BCUT2D eigenvalue weighted by Crippen LogP contribution is -2.11. The van der Waals surface area contributed by atoms with Crippen molar-refractivity contribution in [2.24, 2.45) is 0 Å². The van der Waals surface area contributed by atoms with Crippen molar-refractivity contribution in [1.82, 2.24) is 15.1 Å². The van der Waals surface area contributed by atoms with E-state index < -0.39 is 0 Å². The van der Waals surface area contributed by atoms with Crippen LogP contribution < -0.4 is 4.74 Å². The molecule has 2 heterocycles. The monoisotopic (exact) mass is 353 g/mol. The average Bonchev–Trinajstić information content (AvgIpc) is 3.31. The highest BCUT2D eigenvalue weighted by atomic mass is 19.1. The Morgan fingerprint density at radius 2 is 1.88 bits per heavy atom. The number of nitrogens with zero attached hydrogens (tertiary/aromatic N) is 3. The molecule has 1 aromatic carbocycles. The van der Waals surface area contributed by atoms with E-state index in [0.29, 0.717) is 34.8 Å². The molecule has 0 atom stereocenters. The van der Waals surface area contributed by atoms with Crippen LogP contribution in [0.25, 0.3) is 11.5 Å². The molecule has 1 saturated carbocycles. The van der Waals surface area contributed by atoms with Crippen molar-refractivity contribution >= 4 is 0 Å². The molecule has 1 aliphatic carbocycles. The van der Waals surface area contributed by atoms with Crippen LogP contribution in [0.2, 0.25) is 0 Å². The first kappa shape index (κ1) is 16.7. The molecule has 26 heavy (non-hydrogen) atoms. The number of hydrogen-bond acceptors (Lipinski definition) is 5. The van der Waals surface area contributed by atoms with Crippen LogP contribution in [0.1, 0.15) is 51.0 Å². The van der Waals surface area contributed by atoms with Gasteiger partial charge in [0.1, 0.15) is 23.0 Å². The molecule has 1 aliphatic rings. The van der Waals surface area contributed by atoms with Gasteiger partial charge in [0, 0.05) is 23.2 Å². The summed E-state index contributed by atoms with van der Waals surface area (Å²) in [6.07, 6.45) is 4.06. The number of rotatable bonds is 4. The maximum absolute atomic E-state index is 13.1. The number of pyridine rings is 1. The van der Waals surface area contributed by atoms with Crippen LogP contribution >= 0.6 is 0 Å². The van der Waals surface area contributed by atoms with Gasteiger partial charge in [-0.15, -0.1) is 0 Å². The Bertz CT molecular complexity index is 925. The van der Waals surface area contributed by atoms with Crippen molar-refractivity contribution in [1.29, 1.82) is 0 Å². The van der Waals surface area contributed by atoms with Crippen LogP contribution in [0.4, 0.5) is 4.39 Å². The number of hydrogen-bond donors (Lipinski definition) is 0. The molecule has 2 aromatic heterocycles. The summed E-state index contributed by atoms with van der Waals surface area (Å²) in [5, 5.41) is 4.05. The van der Waals surface area contributed by atoms with Crippen molar-refractivity contribution in [2.75, 3.05) is 0 Å². The summed E-state index contributed by atoms with van der Waals surface area (Å²) >= 11 is 0. The molecule has 6 heteroatoms. The van der Waals surface area contributed by atoms with E-state index in [1.807, 2.05) is 33.0 Å². The van der Waals surface area contributed by atoms with Crippen LogP contribution in [0.5, 0.6) is 11.5 Å². The van der Waals surface area contributed by atoms with Crippen molar-refractivity contribution < 1.29 is 13.7 Å². The van der Waals surface area contributed by atoms with E-state index in [4.69, 9.17) is 9.26 Å². The van der Waals surface area contributed by atoms with E-state index in [9.17, 15) is 4.39 Å². The third-order valence-electron chi connectivity index (χ3n) is 4.25. The van der Waals surface area contributed by atoms with Gasteiger partial charge in [0.05, 0.1) is 0 Å². The van der Waals surface area contributed by atoms with Gasteiger partial charge < -0.3 is 9.26 Å². The fourth-order valence-corrected chi connectivity index (χ4v) is 2.62. The van der Waals surface area contributed by atoms with Gasteiger partial charge in [0.15, 0.2) is 0 Å². The standard InChI is InChI=1S/C20H20FN3O2/c1-20(2,3)19-23-18(24-26-19)16-10-17(15(11-22-16)12-4-5-12)25-14-8-6-13(21)7-9-14/h6-12H,4-5H2,1-3H3. The predicted molar refractivity (Wildman–Crippen MR) is 94.7 cm³/mol. The van der Waals surface area contributed by atoms with Gasteiger partial charge in [-0.05, 0) is 43.0 Å². The second-order valence-corrected chi connectivity index (χ2v) is 7.61. The average molecular weight is 353 g/mol. The summed E-state index contributed by atoms with van der Waals surface area (Å²) in [6, 6.07) is 7.80. The Labute approximate surface area is 151 Å². The van der Waals surface area contributed by atoms with Crippen LogP contribution in [-0.2, 0) is 5.41 Å². The zero-order valence-electron chi connectivity index (χ0n) is 15.0. The van der Waals surface area contributed by atoms with Crippen molar-refractivity contribution in [3.05, 3.63) is 53.8 Å². The van der Waals surface area contributed by atoms with Crippen LogP contribution in [-0.4, -0.2) is 15.1 Å². The largest absolute Gasteiger partial charge is 0.457 e. The Morgan fingerprint density at radius 1 is 1.15 bits per heavy atom. The Morgan fingerprint density at radius 3 is 2.50 bits per heavy atom.